The predicted octanol–water partition coefficient (Wildman–Crippen LogP) is 2.80. The first kappa shape index (κ1) is 59.7. The molecule has 0 rings (SSSR count). The molecule has 0 heterocycles. The Kier molecular flexibility index (Phi) is 45.1. The zero-order valence-corrected chi connectivity index (χ0v) is 37.0. The van der Waals surface area contributed by atoms with Gasteiger partial charge in [-0.2, -0.15) is 0 Å². The summed E-state index contributed by atoms with van der Waals surface area (Å²) >= 11 is 0. The van der Waals surface area contributed by atoms with E-state index in [1.54, 1.807) is 0 Å². The third kappa shape index (κ3) is 57.8. The van der Waals surface area contributed by atoms with Gasteiger partial charge in [-0.3, -0.25) is 49.0 Å². The summed E-state index contributed by atoms with van der Waals surface area (Å²) in [5, 5.41) is 0. The summed E-state index contributed by atoms with van der Waals surface area (Å²) in [5.41, 5.74) is 0. The Labute approximate surface area is 306 Å². The lowest BCUT2D eigenvalue weighted by molar-refractivity contribution is 0.0743. The van der Waals surface area contributed by atoms with Crippen LogP contribution in [0.3, 0.4) is 0 Å². The molecule has 0 amide bonds. The summed E-state index contributed by atoms with van der Waals surface area (Å²) in [6, 6.07) is 0.722. The molecule has 12 heteroatoms. The molecule has 0 saturated carbocycles. The van der Waals surface area contributed by atoms with Crippen LogP contribution >= 0.6 is 0 Å². The number of nitrogens with zero attached hydrogens (tertiary/aromatic N) is 12. The minimum atomic E-state index is 0. The second kappa shape index (κ2) is 36.3. The standard InChI is InChI=1S/2C9H24N4.C9H21N.C5H14N2.C3H9N.CH4/c1-10(2)7-12(5)9-13(6)8-11(3)4;1-10(2)7-13(8-11(3)4)9-12(5)6;1-7(2)9(8(3)4)10(5)6;1-6(2)5-7(3)4;1-4(2)3;/h2*7-9H2,1-6H3;7-9H,1-6H3;5H2,1-4H3;1-3H3;1H4. The molecule has 300 valence electrons. The van der Waals surface area contributed by atoms with Gasteiger partial charge >= 0.3 is 0 Å². The summed E-state index contributed by atoms with van der Waals surface area (Å²) < 4.78 is 0. The molecule has 0 radical (unpaired) electrons. The maximum absolute atomic E-state index is 2.38. The van der Waals surface area contributed by atoms with Crippen LogP contribution < -0.4 is 0 Å². The van der Waals surface area contributed by atoms with Crippen LogP contribution in [0.2, 0.25) is 0 Å². The largest absolute Gasteiger partial charge is 0.312 e. The Morgan fingerprint density at radius 1 is 0.312 bits per heavy atom. The fourth-order valence-electron chi connectivity index (χ4n) is 5.33. The Balaban J connectivity index is -0.000000119. The monoisotopic (exact) mass is 697 g/mol. The van der Waals surface area contributed by atoms with E-state index in [1.807, 2.05) is 26.0 Å². The average Bonchev–Trinajstić information content (AvgIpc) is 2.75. The summed E-state index contributed by atoms with van der Waals surface area (Å²) in [7, 11) is 43.7. The number of rotatable bonds is 17. The van der Waals surface area contributed by atoms with E-state index in [-0.39, 0.29) is 7.43 Å². The van der Waals surface area contributed by atoms with Crippen molar-refractivity contribution in [2.24, 2.45) is 11.8 Å². The maximum atomic E-state index is 2.38. The van der Waals surface area contributed by atoms with E-state index in [0.717, 1.165) is 64.6 Å². The van der Waals surface area contributed by atoms with E-state index in [4.69, 9.17) is 0 Å². The summed E-state index contributed by atoms with van der Waals surface area (Å²) in [6.07, 6.45) is 0. The van der Waals surface area contributed by atoms with Crippen LogP contribution in [0.25, 0.3) is 0 Å². The highest BCUT2D eigenvalue weighted by Gasteiger charge is 2.18. The molecule has 0 aromatic rings. The molecule has 0 atom stereocenters. The molecule has 0 spiro atoms. The first-order valence-electron chi connectivity index (χ1n) is 17.1. The van der Waals surface area contributed by atoms with Gasteiger partial charge in [0.2, 0.25) is 0 Å². The highest BCUT2D eigenvalue weighted by atomic mass is 15.4. The lowest BCUT2D eigenvalue weighted by atomic mass is 9.92. The predicted molar refractivity (Wildman–Crippen MR) is 221 cm³/mol. The molecule has 0 bridgehead atoms. The van der Waals surface area contributed by atoms with Crippen LogP contribution in [-0.4, -0.2) is 260 Å². The Morgan fingerprint density at radius 3 is 0.625 bits per heavy atom. The van der Waals surface area contributed by atoms with Crippen LogP contribution in [0.1, 0.15) is 35.1 Å². The Morgan fingerprint density at radius 2 is 0.521 bits per heavy atom. The van der Waals surface area contributed by atoms with Gasteiger partial charge in [-0.15, -0.1) is 0 Å². The lowest BCUT2D eigenvalue weighted by Gasteiger charge is -2.31. The summed E-state index contributed by atoms with van der Waals surface area (Å²) in [4.78, 5) is 26.4. The van der Waals surface area contributed by atoms with Gasteiger partial charge in [0.25, 0.3) is 0 Å². The van der Waals surface area contributed by atoms with E-state index < -0.39 is 0 Å². The van der Waals surface area contributed by atoms with Crippen molar-refractivity contribution in [2.45, 2.75) is 41.2 Å². The van der Waals surface area contributed by atoms with Gasteiger partial charge in [-0.25, -0.2) is 0 Å². The first-order chi connectivity index (χ1) is 21.1. The molecule has 0 aromatic carbocycles. The van der Waals surface area contributed by atoms with E-state index in [0.29, 0.717) is 0 Å². The highest BCUT2D eigenvalue weighted by molar-refractivity contribution is 4.72. The molecule has 12 nitrogen and oxygen atoms in total. The fourth-order valence-corrected chi connectivity index (χ4v) is 5.33. The average molecular weight is 697 g/mol. The molecule has 0 unspecified atom stereocenters. The second-order valence-corrected chi connectivity index (χ2v) is 16.2. The quantitative estimate of drug-likeness (QED) is 0.210. The van der Waals surface area contributed by atoms with E-state index >= 15 is 0 Å². The number of hydrogen-bond acceptors (Lipinski definition) is 12. The van der Waals surface area contributed by atoms with Crippen molar-refractivity contribution in [3.05, 3.63) is 0 Å². The van der Waals surface area contributed by atoms with Gasteiger partial charge in [0, 0.05) is 12.7 Å². The molecule has 0 aliphatic carbocycles. The van der Waals surface area contributed by atoms with Crippen LogP contribution in [-0.2, 0) is 0 Å². The topological polar surface area (TPSA) is 38.9 Å². The molecule has 0 N–H and O–H groups in total. The van der Waals surface area contributed by atoms with Crippen molar-refractivity contribution in [1.82, 2.24) is 58.8 Å². The van der Waals surface area contributed by atoms with Crippen LogP contribution in [0, 0.1) is 11.8 Å². The molecule has 0 fully saturated rings. The zero-order chi connectivity index (χ0) is 38.6. The zero-order valence-electron chi connectivity index (χ0n) is 37.0. The Hall–Kier alpha value is -0.480. The second-order valence-electron chi connectivity index (χ2n) is 16.2. The van der Waals surface area contributed by atoms with Gasteiger partial charge in [0.1, 0.15) is 0 Å². The van der Waals surface area contributed by atoms with E-state index in [1.165, 1.54) is 0 Å². The van der Waals surface area contributed by atoms with Gasteiger partial charge in [0.15, 0.2) is 0 Å². The van der Waals surface area contributed by atoms with Crippen molar-refractivity contribution in [3.8, 4) is 0 Å². The van der Waals surface area contributed by atoms with Crippen molar-refractivity contribution < 1.29 is 0 Å². The third-order valence-corrected chi connectivity index (χ3v) is 5.51. The van der Waals surface area contributed by atoms with Crippen molar-refractivity contribution in [1.29, 1.82) is 0 Å². The van der Waals surface area contributed by atoms with E-state index in [2.05, 4.69) is 208 Å². The Bertz CT molecular complexity index is 544. The minimum Gasteiger partial charge on any atom is -0.312 e. The summed E-state index contributed by atoms with van der Waals surface area (Å²) in [5.74, 6) is 1.52. The molecular weight excluding hydrogens is 600 g/mol. The number of hydrogen-bond donors (Lipinski definition) is 0. The lowest BCUT2D eigenvalue weighted by Crippen LogP contribution is -2.44. The smallest absolute Gasteiger partial charge is 0.0525 e. The van der Waals surface area contributed by atoms with Crippen LogP contribution in [0.15, 0.2) is 0 Å². The fraction of sp³-hybridized carbons (Fsp3) is 1.00. The van der Waals surface area contributed by atoms with Gasteiger partial charge in [0.05, 0.1) is 40.0 Å². The first-order valence-corrected chi connectivity index (χ1v) is 17.1. The third-order valence-electron chi connectivity index (χ3n) is 5.51. The van der Waals surface area contributed by atoms with Crippen LogP contribution in [0.4, 0.5) is 0 Å². The van der Waals surface area contributed by atoms with E-state index in [9.17, 15) is 0 Å². The SMILES string of the molecule is C.CC(C)C(C(C)C)N(C)C.CN(C)C.CN(C)CN(C)C.CN(C)CN(C)CN(C)CN(C)C.CN(C)CN(CN(C)C)CN(C)C. The minimum absolute atomic E-state index is 0. The molecule has 0 aliphatic heterocycles. The van der Waals surface area contributed by atoms with Gasteiger partial charge in [-0.1, -0.05) is 35.1 Å². The van der Waals surface area contributed by atoms with Gasteiger partial charge in [-0.05, 0) is 160 Å². The summed E-state index contributed by atoms with van der Waals surface area (Å²) in [6.45, 7) is 16.1. The van der Waals surface area contributed by atoms with Gasteiger partial charge < -0.3 is 9.80 Å². The molecular formula is C36H96N12. The maximum Gasteiger partial charge on any atom is 0.0525 e. The van der Waals surface area contributed by atoms with Crippen LogP contribution in [0.5, 0.6) is 0 Å². The molecule has 0 aliphatic rings. The molecule has 0 saturated heterocycles. The highest BCUT2D eigenvalue weighted by Crippen LogP contribution is 2.16. The molecule has 48 heavy (non-hydrogen) atoms. The van der Waals surface area contributed by atoms with Crippen molar-refractivity contribution in [3.63, 3.8) is 0 Å². The van der Waals surface area contributed by atoms with Crippen molar-refractivity contribution >= 4 is 0 Å². The normalized spacial score (nSPS) is 11.8. The molecule has 0 aromatic heterocycles. The van der Waals surface area contributed by atoms with Crippen molar-refractivity contribution in [2.75, 3.05) is 195 Å².